The van der Waals surface area contributed by atoms with Crippen molar-refractivity contribution >= 4 is 46.4 Å². The van der Waals surface area contributed by atoms with Gasteiger partial charge in [0, 0.05) is 43.1 Å². The molecule has 4 aromatic rings. The summed E-state index contributed by atoms with van der Waals surface area (Å²) < 4.78 is 34.1. The zero-order valence-electron chi connectivity index (χ0n) is 22.7. The number of hydrogen-bond acceptors (Lipinski definition) is 8. The molecule has 14 heteroatoms. The standard InChI is InChI=1S/C28H28ClF2N7O3S/c1-2-21-24(36-10-8-32-9-11-36)26(40)38-28(34-25(35-38)17-3-6-22-16(13-17)7-12-41-22)37(21)15-23(39)33-20-5-4-18(14-19(20)29)42-27(30)31/h3-6,13-14,27,32H,2,7-12,15H2,1H3,(H,33,39). The second-order valence-electron chi connectivity index (χ2n) is 9.91. The lowest BCUT2D eigenvalue weighted by Crippen LogP contribution is -2.47. The number of nitrogens with one attached hydrogen (secondary N) is 2. The number of piperazine rings is 1. The van der Waals surface area contributed by atoms with Crippen molar-refractivity contribution in [3.8, 4) is 17.1 Å². The van der Waals surface area contributed by atoms with Gasteiger partial charge in [0.05, 0.1) is 23.0 Å². The molecule has 2 N–H and O–H groups in total. The van der Waals surface area contributed by atoms with Gasteiger partial charge in [0.25, 0.3) is 11.3 Å². The fourth-order valence-electron chi connectivity index (χ4n) is 5.37. The summed E-state index contributed by atoms with van der Waals surface area (Å²) in [6.07, 6.45) is 1.25. The highest BCUT2D eigenvalue weighted by molar-refractivity contribution is 7.99. The third-order valence-electron chi connectivity index (χ3n) is 7.28. The number of anilines is 2. The molecule has 1 amide bonds. The number of aromatic nitrogens is 4. The molecule has 0 bridgehead atoms. The van der Waals surface area contributed by atoms with Gasteiger partial charge in [-0.2, -0.15) is 18.3 Å². The molecule has 0 atom stereocenters. The van der Waals surface area contributed by atoms with E-state index in [4.69, 9.17) is 21.3 Å². The van der Waals surface area contributed by atoms with Gasteiger partial charge >= 0.3 is 0 Å². The van der Waals surface area contributed by atoms with Gasteiger partial charge in [-0.1, -0.05) is 30.3 Å². The third kappa shape index (κ3) is 5.55. The molecule has 0 radical (unpaired) electrons. The van der Waals surface area contributed by atoms with Crippen LogP contribution in [0.25, 0.3) is 17.2 Å². The molecule has 0 unspecified atom stereocenters. The molecule has 2 aliphatic rings. The van der Waals surface area contributed by atoms with Crippen LogP contribution >= 0.6 is 23.4 Å². The van der Waals surface area contributed by atoms with E-state index in [2.05, 4.69) is 15.7 Å². The second-order valence-corrected chi connectivity index (χ2v) is 11.4. The number of fused-ring (bicyclic) bond motifs is 2. The van der Waals surface area contributed by atoms with Crippen molar-refractivity contribution in [2.45, 2.75) is 37.0 Å². The molecule has 4 heterocycles. The van der Waals surface area contributed by atoms with E-state index in [0.29, 0.717) is 60.8 Å². The van der Waals surface area contributed by atoms with E-state index in [1.54, 1.807) is 4.57 Å². The lowest BCUT2D eigenvalue weighted by molar-refractivity contribution is -0.116. The van der Waals surface area contributed by atoms with E-state index in [0.717, 1.165) is 36.4 Å². The molecule has 220 valence electrons. The zero-order valence-corrected chi connectivity index (χ0v) is 24.3. The Labute approximate surface area is 249 Å². The highest BCUT2D eigenvalue weighted by Crippen LogP contribution is 2.32. The zero-order chi connectivity index (χ0) is 29.4. The van der Waals surface area contributed by atoms with Crippen LogP contribution in [0.1, 0.15) is 18.2 Å². The third-order valence-corrected chi connectivity index (χ3v) is 8.30. The highest BCUT2D eigenvalue weighted by Gasteiger charge is 2.26. The molecule has 6 rings (SSSR count). The first kappa shape index (κ1) is 28.4. The fraction of sp³-hybridized carbons (Fsp3) is 0.357. The van der Waals surface area contributed by atoms with Crippen LogP contribution in [-0.2, 0) is 24.2 Å². The van der Waals surface area contributed by atoms with Crippen molar-refractivity contribution in [1.82, 2.24) is 24.5 Å². The monoisotopic (exact) mass is 615 g/mol. The fourth-order valence-corrected chi connectivity index (χ4v) is 6.20. The molecular weight excluding hydrogens is 588 g/mol. The quantitative estimate of drug-likeness (QED) is 0.286. The van der Waals surface area contributed by atoms with Crippen LogP contribution in [0.15, 0.2) is 46.1 Å². The number of alkyl halides is 2. The Morgan fingerprint density at radius 3 is 2.76 bits per heavy atom. The Bertz CT molecular complexity index is 1720. The van der Waals surface area contributed by atoms with Crippen LogP contribution < -0.4 is 25.8 Å². The summed E-state index contributed by atoms with van der Waals surface area (Å²) in [5, 5.41) is 10.8. The van der Waals surface area contributed by atoms with Crippen molar-refractivity contribution in [3.05, 3.63) is 63.0 Å². The summed E-state index contributed by atoms with van der Waals surface area (Å²) in [6.45, 7) is 5.07. The van der Waals surface area contributed by atoms with Crippen molar-refractivity contribution in [2.75, 3.05) is 43.0 Å². The normalized spacial score (nSPS) is 14.8. The van der Waals surface area contributed by atoms with Crippen molar-refractivity contribution < 1.29 is 18.3 Å². The number of rotatable bonds is 8. The minimum atomic E-state index is -2.58. The van der Waals surface area contributed by atoms with Crippen molar-refractivity contribution in [2.24, 2.45) is 0 Å². The number of carbonyl (C=O) groups excluding carboxylic acids is 1. The van der Waals surface area contributed by atoms with E-state index in [1.807, 2.05) is 30.0 Å². The molecule has 1 fully saturated rings. The molecule has 0 aliphatic carbocycles. The average molecular weight is 616 g/mol. The van der Waals surface area contributed by atoms with Gasteiger partial charge in [-0.15, -0.1) is 5.10 Å². The summed E-state index contributed by atoms with van der Waals surface area (Å²) >= 11 is 6.68. The van der Waals surface area contributed by atoms with E-state index in [-0.39, 0.29) is 27.8 Å². The van der Waals surface area contributed by atoms with Crippen LogP contribution in [-0.4, -0.2) is 63.6 Å². The molecule has 2 aromatic carbocycles. The maximum Gasteiger partial charge on any atom is 0.299 e. The number of benzene rings is 2. The van der Waals surface area contributed by atoms with E-state index < -0.39 is 11.7 Å². The summed E-state index contributed by atoms with van der Waals surface area (Å²) in [5.74, 6) is -1.57. The number of amides is 1. The predicted octanol–water partition coefficient (Wildman–Crippen LogP) is 4.07. The molecular formula is C28H28ClF2N7O3S. The van der Waals surface area contributed by atoms with Gasteiger partial charge in [-0.3, -0.25) is 9.59 Å². The number of carbonyl (C=O) groups is 1. The van der Waals surface area contributed by atoms with Gasteiger partial charge in [0.2, 0.25) is 11.7 Å². The van der Waals surface area contributed by atoms with Crippen LogP contribution in [0.5, 0.6) is 5.75 Å². The number of thioether (sulfide) groups is 1. The maximum atomic E-state index is 13.9. The highest BCUT2D eigenvalue weighted by atomic mass is 35.5. The van der Waals surface area contributed by atoms with Gasteiger partial charge < -0.3 is 24.8 Å². The van der Waals surface area contributed by atoms with Gasteiger partial charge in [0.15, 0.2) is 5.82 Å². The number of ether oxygens (including phenoxy) is 1. The molecule has 2 aromatic heterocycles. The number of nitrogens with zero attached hydrogens (tertiary/aromatic N) is 5. The number of hydrogen-bond donors (Lipinski definition) is 2. The van der Waals surface area contributed by atoms with Crippen molar-refractivity contribution in [1.29, 1.82) is 0 Å². The first-order valence-corrected chi connectivity index (χ1v) is 14.9. The van der Waals surface area contributed by atoms with Crippen LogP contribution in [0.3, 0.4) is 0 Å². The minimum Gasteiger partial charge on any atom is -0.493 e. The second kappa shape index (κ2) is 11.9. The Morgan fingerprint density at radius 2 is 2.02 bits per heavy atom. The molecule has 0 saturated carbocycles. The first-order valence-electron chi connectivity index (χ1n) is 13.6. The molecule has 2 aliphatic heterocycles. The van der Waals surface area contributed by atoms with Crippen LogP contribution in [0.2, 0.25) is 5.02 Å². The van der Waals surface area contributed by atoms with E-state index in [9.17, 15) is 18.4 Å². The molecule has 10 nitrogen and oxygen atoms in total. The predicted molar refractivity (Wildman–Crippen MR) is 158 cm³/mol. The Hall–Kier alpha value is -3.68. The molecule has 42 heavy (non-hydrogen) atoms. The SMILES string of the molecule is CCc1c(N2CCNCC2)c(=O)n2nc(-c3ccc4c(c3)CCO4)nc2n1CC(=O)Nc1ccc(SC(F)F)cc1Cl. The van der Waals surface area contributed by atoms with Gasteiger partial charge in [0.1, 0.15) is 18.0 Å². The lowest BCUT2D eigenvalue weighted by Gasteiger charge is -2.31. The minimum absolute atomic E-state index is 0.140. The topological polar surface area (TPSA) is 106 Å². The van der Waals surface area contributed by atoms with Crippen LogP contribution in [0, 0.1) is 0 Å². The smallest absolute Gasteiger partial charge is 0.299 e. The Kier molecular flexibility index (Phi) is 8.06. The number of halogens is 3. The van der Waals surface area contributed by atoms with E-state index >= 15 is 0 Å². The van der Waals surface area contributed by atoms with E-state index in [1.165, 1.54) is 22.7 Å². The Balaban J connectivity index is 1.41. The lowest BCUT2D eigenvalue weighted by atomic mass is 10.1. The van der Waals surface area contributed by atoms with Crippen LogP contribution in [0.4, 0.5) is 20.2 Å². The first-order chi connectivity index (χ1) is 20.3. The molecule has 0 spiro atoms. The summed E-state index contributed by atoms with van der Waals surface area (Å²) in [4.78, 5) is 34.4. The maximum absolute atomic E-state index is 13.9. The molecule has 1 saturated heterocycles. The summed E-state index contributed by atoms with van der Waals surface area (Å²) in [5.41, 5.74) is 2.95. The average Bonchev–Trinajstić information content (AvgIpc) is 3.63. The largest absolute Gasteiger partial charge is 0.493 e. The van der Waals surface area contributed by atoms with Gasteiger partial charge in [-0.25, -0.2) is 0 Å². The summed E-state index contributed by atoms with van der Waals surface area (Å²) in [6, 6.07) is 10.1. The summed E-state index contributed by atoms with van der Waals surface area (Å²) in [7, 11) is 0. The van der Waals surface area contributed by atoms with Crippen molar-refractivity contribution in [3.63, 3.8) is 0 Å². The van der Waals surface area contributed by atoms with Gasteiger partial charge in [-0.05, 0) is 48.4 Å². The Morgan fingerprint density at radius 1 is 1.21 bits per heavy atom.